The molecule has 1 saturated heterocycles. The second kappa shape index (κ2) is 6.75. The number of likely N-dealkylation sites (tertiary alicyclic amines) is 1. The SMILES string of the molecule is CCN1CCC[C@H]1CNC(=O)c1cnoc1-c1ccccc1. The number of amides is 1. The van der Waals surface area contributed by atoms with Gasteiger partial charge in [-0.3, -0.25) is 9.69 Å². The van der Waals surface area contributed by atoms with Gasteiger partial charge in [-0.25, -0.2) is 0 Å². The highest BCUT2D eigenvalue weighted by molar-refractivity contribution is 5.99. The Morgan fingerprint density at radius 1 is 1.41 bits per heavy atom. The summed E-state index contributed by atoms with van der Waals surface area (Å²) in [4.78, 5) is 14.8. The van der Waals surface area contributed by atoms with Crippen molar-refractivity contribution in [3.8, 4) is 11.3 Å². The Hall–Kier alpha value is -2.14. The van der Waals surface area contributed by atoms with Gasteiger partial charge in [0.25, 0.3) is 5.91 Å². The van der Waals surface area contributed by atoms with Crippen LogP contribution < -0.4 is 5.32 Å². The Labute approximate surface area is 130 Å². The van der Waals surface area contributed by atoms with E-state index >= 15 is 0 Å². The first-order valence-corrected chi connectivity index (χ1v) is 7.82. The van der Waals surface area contributed by atoms with Crippen molar-refractivity contribution < 1.29 is 9.32 Å². The summed E-state index contributed by atoms with van der Waals surface area (Å²) in [5.74, 6) is 0.403. The molecular formula is C17H21N3O2. The molecule has 1 aromatic heterocycles. The summed E-state index contributed by atoms with van der Waals surface area (Å²) in [5.41, 5.74) is 1.36. The Morgan fingerprint density at radius 2 is 2.23 bits per heavy atom. The van der Waals surface area contributed by atoms with Crippen LogP contribution in [0.25, 0.3) is 11.3 Å². The molecular weight excluding hydrogens is 278 g/mol. The summed E-state index contributed by atoms with van der Waals surface area (Å²) in [6.45, 7) is 4.99. The molecule has 1 aliphatic heterocycles. The number of hydrogen-bond acceptors (Lipinski definition) is 4. The van der Waals surface area contributed by atoms with Gasteiger partial charge in [-0.15, -0.1) is 0 Å². The maximum Gasteiger partial charge on any atom is 0.256 e. The van der Waals surface area contributed by atoms with E-state index in [1.807, 2.05) is 30.3 Å². The van der Waals surface area contributed by atoms with Gasteiger partial charge in [-0.05, 0) is 25.9 Å². The molecule has 0 radical (unpaired) electrons. The van der Waals surface area contributed by atoms with E-state index in [1.165, 1.54) is 12.6 Å². The third kappa shape index (κ3) is 3.04. The van der Waals surface area contributed by atoms with E-state index < -0.39 is 0 Å². The van der Waals surface area contributed by atoms with Crippen LogP contribution in [0.5, 0.6) is 0 Å². The van der Waals surface area contributed by atoms with Crippen molar-refractivity contribution in [1.82, 2.24) is 15.4 Å². The van der Waals surface area contributed by atoms with E-state index in [1.54, 1.807) is 0 Å². The van der Waals surface area contributed by atoms with Crippen LogP contribution in [0.15, 0.2) is 41.1 Å². The zero-order valence-corrected chi connectivity index (χ0v) is 12.8. The van der Waals surface area contributed by atoms with E-state index in [2.05, 4.69) is 22.3 Å². The lowest BCUT2D eigenvalue weighted by molar-refractivity contribution is 0.0941. The van der Waals surface area contributed by atoms with E-state index in [0.29, 0.717) is 23.9 Å². The van der Waals surface area contributed by atoms with Crippen molar-refractivity contribution in [1.29, 1.82) is 0 Å². The molecule has 3 rings (SSSR count). The summed E-state index contributed by atoms with van der Waals surface area (Å²) >= 11 is 0. The van der Waals surface area contributed by atoms with Crippen molar-refractivity contribution >= 4 is 5.91 Å². The first-order valence-electron chi connectivity index (χ1n) is 7.82. The number of rotatable bonds is 5. The van der Waals surface area contributed by atoms with Gasteiger partial charge < -0.3 is 9.84 Å². The minimum absolute atomic E-state index is 0.122. The molecule has 22 heavy (non-hydrogen) atoms. The van der Waals surface area contributed by atoms with Gasteiger partial charge in [0, 0.05) is 18.2 Å². The quantitative estimate of drug-likeness (QED) is 0.922. The van der Waals surface area contributed by atoms with Gasteiger partial charge in [0.05, 0.1) is 6.20 Å². The Morgan fingerprint density at radius 3 is 3.00 bits per heavy atom. The molecule has 0 bridgehead atoms. The molecule has 1 amide bonds. The fourth-order valence-corrected chi connectivity index (χ4v) is 3.05. The molecule has 1 atom stereocenters. The predicted molar refractivity (Wildman–Crippen MR) is 84.5 cm³/mol. The Bertz CT molecular complexity index is 624. The number of aromatic nitrogens is 1. The lowest BCUT2D eigenvalue weighted by atomic mass is 10.1. The predicted octanol–water partition coefficient (Wildman–Crippen LogP) is 2.56. The molecule has 116 valence electrons. The number of benzene rings is 1. The minimum atomic E-state index is -0.122. The molecule has 2 aromatic rings. The third-order valence-corrected chi connectivity index (χ3v) is 4.25. The van der Waals surface area contributed by atoms with Crippen LogP contribution in [0.2, 0.25) is 0 Å². The first kappa shape index (κ1) is 14.8. The highest BCUT2D eigenvalue weighted by Gasteiger charge is 2.24. The summed E-state index contributed by atoms with van der Waals surface area (Å²) < 4.78 is 5.26. The first-order chi connectivity index (χ1) is 10.8. The smallest absolute Gasteiger partial charge is 0.256 e. The number of carbonyl (C=O) groups is 1. The van der Waals surface area contributed by atoms with Crippen molar-refractivity contribution in [2.45, 2.75) is 25.8 Å². The molecule has 0 saturated carbocycles. The molecule has 0 spiro atoms. The minimum Gasteiger partial charge on any atom is -0.355 e. The number of nitrogens with one attached hydrogen (secondary N) is 1. The molecule has 0 aliphatic carbocycles. The molecule has 5 heteroatoms. The van der Waals surface area contributed by atoms with Crippen LogP contribution in [-0.4, -0.2) is 41.6 Å². The van der Waals surface area contributed by atoms with Crippen LogP contribution in [0, 0.1) is 0 Å². The molecule has 1 fully saturated rings. The highest BCUT2D eigenvalue weighted by Crippen LogP contribution is 2.23. The van der Waals surface area contributed by atoms with Gasteiger partial charge in [-0.1, -0.05) is 42.4 Å². The standard InChI is InChI=1S/C17H21N3O2/c1-2-20-10-6-9-14(20)11-18-17(21)15-12-19-22-16(15)13-7-4-3-5-8-13/h3-5,7-8,12,14H,2,6,9-11H2,1H3,(H,18,21)/t14-/m0/s1. The number of nitrogens with zero attached hydrogens (tertiary/aromatic N) is 2. The number of hydrogen-bond donors (Lipinski definition) is 1. The van der Waals surface area contributed by atoms with E-state index in [4.69, 9.17) is 4.52 Å². The zero-order valence-electron chi connectivity index (χ0n) is 12.8. The van der Waals surface area contributed by atoms with E-state index in [0.717, 1.165) is 25.1 Å². The van der Waals surface area contributed by atoms with Crippen LogP contribution in [-0.2, 0) is 0 Å². The second-order valence-corrected chi connectivity index (χ2v) is 5.57. The molecule has 2 heterocycles. The van der Waals surface area contributed by atoms with Crippen LogP contribution in [0.3, 0.4) is 0 Å². The summed E-state index contributed by atoms with van der Waals surface area (Å²) in [5, 5.41) is 6.81. The monoisotopic (exact) mass is 299 g/mol. The van der Waals surface area contributed by atoms with Crippen molar-refractivity contribution in [2.24, 2.45) is 0 Å². The number of likely N-dealkylation sites (N-methyl/N-ethyl adjacent to an activating group) is 1. The Kier molecular flexibility index (Phi) is 4.53. The van der Waals surface area contributed by atoms with Crippen LogP contribution >= 0.6 is 0 Å². The fraction of sp³-hybridized carbons (Fsp3) is 0.412. The largest absolute Gasteiger partial charge is 0.355 e. The van der Waals surface area contributed by atoms with Gasteiger partial charge in [0.2, 0.25) is 0 Å². The maximum absolute atomic E-state index is 12.4. The molecule has 0 unspecified atom stereocenters. The summed E-state index contributed by atoms with van der Waals surface area (Å²) in [7, 11) is 0. The second-order valence-electron chi connectivity index (χ2n) is 5.57. The summed E-state index contributed by atoms with van der Waals surface area (Å²) in [6.07, 6.45) is 3.84. The van der Waals surface area contributed by atoms with Crippen molar-refractivity contribution in [2.75, 3.05) is 19.6 Å². The van der Waals surface area contributed by atoms with Crippen molar-refractivity contribution in [3.05, 3.63) is 42.1 Å². The highest BCUT2D eigenvalue weighted by atomic mass is 16.5. The number of carbonyl (C=O) groups excluding carboxylic acids is 1. The van der Waals surface area contributed by atoms with Gasteiger partial charge in [0.15, 0.2) is 5.76 Å². The lowest BCUT2D eigenvalue weighted by Gasteiger charge is -2.22. The van der Waals surface area contributed by atoms with Gasteiger partial charge in [0.1, 0.15) is 5.56 Å². The van der Waals surface area contributed by atoms with Gasteiger partial charge >= 0.3 is 0 Å². The fourth-order valence-electron chi connectivity index (χ4n) is 3.05. The Balaban J connectivity index is 1.67. The topological polar surface area (TPSA) is 58.4 Å². The maximum atomic E-state index is 12.4. The van der Waals surface area contributed by atoms with Crippen LogP contribution in [0.1, 0.15) is 30.1 Å². The summed E-state index contributed by atoms with van der Waals surface area (Å²) in [6, 6.07) is 10.0. The third-order valence-electron chi connectivity index (χ3n) is 4.25. The average molecular weight is 299 g/mol. The van der Waals surface area contributed by atoms with Crippen molar-refractivity contribution in [3.63, 3.8) is 0 Å². The van der Waals surface area contributed by atoms with E-state index in [9.17, 15) is 4.79 Å². The molecule has 1 aromatic carbocycles. The van der Waals surface area contributed by atoms with Gasteiger partial charge in [-0.2, -0.15) is 0 Å². The van der Waals surface area contributed by atoms with Crippen LogP contribution in [0.4, 0.5) is 0 Å². The zero-order chi connectivity index (χ0) is 15.4. The average Bonchev–Trinajstić information content (AvgIpc) is 3.22. The van der Waals surface area contributed by atoms with E-state index in [-0.39, 0.29) is 5.91 Å². The molecule has 5 nitrogen and oxygen atoms in total. The molecule has 1 aliphatic rings. The normalized spacial score (nSPS) is 18.5. The lowest BCUT2D eigenvalue weighted by Crippen LogP contribution is -2.40. The molecule has 1 N–H and O–H groups in total.